The van der Waals surface area contributed by atoms with Crippen LogP contribution in [-0.2, 0) is 0 Å². The fourth-order valence-electron chi connectivity index (χ4n) is 1.68. The smallest absolute Gasteiger partial charge is 0.0791 e. The lowest BCUT2D eigenvalue weighted by Crippen LogP contribution is -2.16. The Kier molecular flexibility index (Phi) is 6.98. The Hall–Kier alpha value is -1.42. The Morgan fingerprint density at radius 1 is 1.00 bits per heavy atom. The zero-order valence-electron chi connectivity index (χ0n) is 11.1. The van der Waals surface area contributed by atoms with Crippen LogP contribution in [0.15, 0.2) is 30.3 Å². The van der Waals surface area contributed by atoms with Crippen molar-refractivity contribution >= 4 is 5.69 Å². The van der Waals surface area contributed by atoms with Gasteiger partial charge in [0.05, 0.1) is 6.54 Å². The van der Waals surface area contributed by atoms with E-state index in [4.69, 9.17) is 0 Å². The van der Waals surface area contributed by atoms with Gasteiger partial charge in [-0.25, -0.2) is 0 Å². The summed E-state index contributed by atoms with van der Waals surface area (Å²) < 4.78 is 0. The highest BCUT2D eigenvalue weighted by atomic mass is 15.1. The van der Waals surface area contributed by atoms with Gasteiger partial charge < -0.3 is 4.90 Å². The molecule has 1 aromatic rings. The maximum atomic E-state index is 3.25. The second kappa shape index (κ2) is 8.70. The monoisotopic (exact) mass is 229 g/mol. The summed E-state index contributed by atoms with van der Waals surface area (Å²) in [5.74, 6) is 6.49. The van der Waals surface area contributed by atoms with E-state index >= 15 is 0 Å². The number of hydrogen-bond donors (Lipinski definition) is 0. The molecule has 17 heavy (non-hydrogen) atoms. The molecule has 0 saturated carbocycles. The van der Waals surface area contributed by atoms with E-state index in [0.29, 0.717) is 0 Å². The number of hydrogen-bond acceptors (Lipinski definition) is 1. The summed E-state index contributed by atoms with van der Waals surface area (Å²) in [6.07, 6.45) is 6.24. The summed E-state index contributed by atoms with van der Waals surface area (Å²) in [6, 6.07) is 10.4. The Morgan fingerprint density at radius 3 is 2.47 bits per heavy atom. The molecule has 92 valence electrons. The molecule has 0 aliphatic rings. The molecule has 0 saturated heterocycles. The molecule has 0 fully saturated rings. The van der Waals surface area contributed by atoms with Gasteiger partial charge in [0.1, 0.15) is 0 Å². The first kappa shape index (κ1) is 13.6. The summed E-state index contributed by atoms with van der Waals surface area (Å²) in [7, 11) is 2.08. The Labute approximate surface area is 106 Å². The molecule has 0 atom stereocenters. The molecule has 0 unspecified atom stereocenters. The molecule has 1 rings (SSSR count). The summed E-state index contributed by atoms with van der Waals surface area (Å²) in [5.41, 5.74) is 1.23. The molecule has 0 bridgehead atoms. The lowest BCUT2D eigenvalue weighted by Gasteiger charge is -2.15. The van der Waals surface area contributed by atoms with Gasteiger partial charge in [-0.05, 0) is 18.6 Å². The average molecular weight is 229 g/mol. The predicted molar refractivity (Wildman–Crippen MR) is 76.2 cm³/mol. The minimum absolute atomic E-state index is 0.817. The Morgan fingerprint density at radius 2 is 1.76 bits per heavy atom. The van der Waals surface area contributed by atoms with Gasteiger partial charge in [0.25, 0.3) is 0 Å². The summed E-state index contributed by atoms with van der Waals surface area (Å²) >= 11 is 0. The van der Waals surface area contributed by atoms with E-state index in [2.05, 4.69) is 55.0 Å². The molecule has 1 aromatic carbocycles. The zero-order valence-corrected chi connectivity index (χ0v) is 11.1. The van der Waals surface area contributed by atoms with E-state index in [1.54, 1.807) is 0 Å². The second-order valence-corrected chi connectivity index (χ2v) is 4.36. The normalized spacial score (nSPS) is 9.53. The van der Waals surface area contributed by atoms with E-state index in [1.165, 1.54) is 31.4 Å². The van der Waals surface area contributed by atoms with Crippen molar-refractivity contribution in [1.82, 2.24) is 0 Å². The SMILES string of the molecule is CCCCCCC#CCN(C)c1ccccc1. The van der Waals surface area contributed by atoms with Gasteiger partial charge >= 0.3 is 0 Å². The fourth-order valence-corrected chi connectivity index (χ4v) is 1.68. The largest absolute Gasteiger partial charge is 0.363 e. The lowest BCUT2D eigenvalue weighted by atomic mass is 10.2. The number of unbranched alkanes of at least 4 members (excludes halogenated alkanes) is 4. The van der Waals surface area contributed by atoms with Crippen LogP contribution in [0, 0.1) is 11.8 Å². The first-order valence-corrected chi connectivity index (χ1v) is 6.56. The number of nitrogens with zero attached hydrogens (tertiary/aromatic N) is 1. The van der Waals surface area contributed by atoms with Crippen molar-refractivity contribution in [3.8, 4) is 11.8 Å². The highest BCUT2D eigenvalue weighted by Gasteiger charge is 1.95. The Balaban J connectivity index is 2.20. The Bertz CT molecular complexity index is 345. The summed E-state index contributed by atoms with van der Waals surface area (Å²) in [4.78, 5) is 2.18. The van der Waals surface area contributed by atoms with Gasteiger partial charge in [-0.1, -0.05) is 50.3 Å². The molecule has 0 radical (unpaired) electrons. The molecule has 0 aromatic heterocycles. The van der Waals surface area contributed by atoms with Gasteiger partial charge in [0, 0.05) is 19.2 Å². The molecule has 0 aliphatic carbocycles. The molecule has 0 amide bonds. The topological polar surface area (TPSA) is 3.24 Å². The van der Waals surface area contributed by atoms with Crippen molar-refractivity contribution in [2.75, 3.05) is 18.5 Å². The molecule has 0 heterocycles. The van der Waals surface area contributed by atoms with E-state index < -0.39 is 0 Å². The first-order valence-electron chi connectivity index (χ1n) is 6.56. The highest BCUT2D eigenvalue weighted by Crippen LogP contribution is 2.09. The lowest BCUT2D eigenvalue weighted by molar-refractivity contribution is 0.679. The number of anilines is 1. The number of para-hydroxylation sites is 1. The standard InChI is InChI=1S/C16H23N/c1-3-4-5-6-7-8-12-15-17(2)16-13-10-9-11-14-16/h9-11,13-14H,3-7,15H2,1-2H3. The summed E-state index contributed by atoms with van der Waals surface area (Å²) in [5, 5.41) is 0. The third-order valence-electron chi connectivity index (χ3n) is 2.79. The van der Waals surface area contributed by atoms with Crippen LogP contribution >= 0.6 is 0 Å². The van der Waals surface area contributed by atoms with E-state index in [-0.39, 0.29) is 0 Å². The van der Waals surface area contributed by atoms with Gasteiger partial charge in [0.2, 0.25) is 0 Å². The van der Waals surface area contributed by atoms with Crippen LogP contribution in [0.25, 0.3) is 0 Å². The fraction of sp³-hybridized carbons (Fsp3) is 0.500. The van der Waals surface area contributed by atoms with Crippen LogP contribution in [-0.4, -0.2) is 13.6 Å². The van der Waals surface area contributed by atoms with Gasteiger partial charge in [-0.3, -0.25) is 0 Å². The van der Waals surface area contributed by atoms with Crippen molar-refractivity contribution in [3.63, 3.8) is 0 Å². The zero-order chi connectivity index (χ0) is 12.3. The molecule has 1 nitrogen and oxygen atoms in total. The molecule has 0 aliphatic heterocycles. The van der Waals surface area contributed by atoms with Gasteiger partial charge in [0.15, 0.2) is 0 Å². The van der Waals surface area contributed by atoms with Crippen molar-refractivity contribution in [1.29, 1.82) is 0 Å². The van der Waals surface area contributed by atoms with Crippen molar-refractivity contribution in [2.45, 2.75) is 39.0 Å². The van der Waals surface area contributed by atoms with Gasteiger partial charge in [-0.2, -0.15) is 0 Å². The third-order valence-corrected chi connectivity index (χ3v) is 2.79. The van der Waals surface area contributed by atoms with E-state index in [9.17, 15) is 0 Å². The van der Waals surface area contributed by atoms with Crippen LogP contribution in [0.2, 0.25) is 0 Å². The molecule has 1 heteroatoms. The van der Waals surface area contributed by atoms with Crippen LogP contribution < -0.4 is 4.90 Å². The second-order valence-electron chi connectivity index (χ2n) is 4.36. The predicted octanol–water partition coefficient (Wildman–Crippen LogP) is 4.10. The maximum Gasteiger partial charge on any atom is 0.0791 e. The minimum Gasteiger partial charge on any atom is -0.363 e. The van der Waals surface area contributed by atoms with Crippen LogP contribution in [0.1, 0.15) is 39.0 Å². The van der Waals surface area contributed by atoms with Crippen LogP contribution in [0.4, 0.5) is 5.69 Å². The van der Waals surface area contributed by atoms with E-state index in [1.807, 2.05) is 6.07 Å². The maximum absolute atomic E-state index is 3.25. The number of benzene rings is 1. The number of rotatable bonds is 6. The molecular weight excluding hydrogens is 206 g/mol. The van der Waals surface area contributed by atoms with Crippen LogP contribution in [0.5, 0.6) is 0 Å². The average Bonchev–Trinajstić information content (AvgIpc) is 2.38. The van der Waals surface area contributed by atoms with Crippen molar-refractivity contribution < 1.29 is 0 Å². The van der Waals surface area contributed by atoms with E-state index in [0.717, 1.165) is 13.0 Å². The molecule has 0 N–H and O–H groups in total. The molecule has 0 spiro atoms. The minimum atomic E-state index is 0.817. The summed E-state index contributed by atoms with van der Waals surface area (Å²) in [6.45, 7) is 3.05. The van der Waals surface area contributed by atoms with Crippen LogP contribution in [0.3, 0.4) is 0 Å². The van der Waals surface area contributed by atoms with Gasteiger partial charge in [-0.15, -0.1) is 5.92 Å². The highest BCUT2D eigenvalue weighted by molar-refractivity contribution is 5.46. The quantitative estimate of drug-likeness (QED) is 0.524. The third kappa shape index (κ3) is 6.02. The van der Waals surface area contributed by atoms with Crippen molar-refractivity contribution in [2.24, 2.45) is 0 Å². The first-order chi connectivity index (χ1) is 8.34. The molecular formula is C16H23N. The van der Waals surface area contributed by atoms with Crippen molar-refractivity contribution in [3.05, 3.63) is 30.3 Å².